The first-order chi connectivity index (χ1) is 12.1. The van der Waals surface area contributed by atoms with Crippen molar-refractivity contribution in [3.63, 3.8) is 0 Å². The van der Waals surface area contributed by atoms with Gasteiger partial charge in [0, 0.05) is 23.5 Å². The Morgan fingerprint density at radius 1 is 1.24 bits per heavy atom. The molecule has 0 aliphatic carbocycles. The Kier molecular flexibility index (Phi) is 5.13. The number of fused-ring (bicyclic) bond motifs is 1. The van der Waals surface area contributed by atoms with Crippen molar-refractivity contribution < 1.29 is 9.47 Å². The van der Waals surface area contributed by atoms with E-state index in [1.54, 1.807) is 32.3 Å². The van der Waals surface area contributed by atoms with Crippen LogP contribution >= 0.6 is 11.8 Å². The number of rotatable bonds is 7. The molecule has 4 N–H and O–H groups in total. The largest absolute Gasteiger partial charge is 0.493 e. The molecule has 3 rings (SSSR count). The molecule has 0 saturated carbocycles. The van der Waals surface area contributed by atoms with Crippen molar-refractivity contribution in [3.8, 4) is 11.5 Å². The van der Waals surface area contributed by atoms with Crippen LogP contribution in [0, 0.1) is 0 Å². The smallest absolute Gasteiger partial charge is 0.223 e. The minimum absolute atomic E-state index is 0.192. The zero-order valence-electron chi connectivity index (χ0n) is 14.2. The van der Waals surface area contributed by atoms with Crippen molar-refractivity contribution in [2.24, 2.45) is 0 Å². The number of aromatic nitrogens is 4. The minimum atomic E-state index is 0.192. The summed E-state index contributed by atoms with van der Waals surface area (Å²) in [4.78, 5) is 15.6. The van der Waals surface area contributed by atoms with Gasteiger partial charge < -0.3 is 25.5 Å². The highest BCUT2D eigenvalue weighted by atomic mass is 32.2. The minimum Gasteiger partial charge on any atom is -0.493 e. The fourth-order valence-corrected chi connectivity index (χ4v) is 3.33. The maximum absolute atomic E-state index is 5.74. The second-order valence-electron chi connectivity index (χ2n) is 5.41. The number of ether oxygens (including phenoxy) is 2. The van der Waals surface area contributed by atoms with Crippen molar-refractivity contribution in [1.29, 1.82) is 0 Å². The summed E-state index contributed by atoms with van der Waals surface area (Å²) in [5.74, 6) is 2.41. The average molecular weight is 360 g/mol. The highest BCUT2D eigenvalue weighted by Crippen LogP contribution is 2.30. The van der Waals surface area contributed by atoms with Crippen LogP contribution in [0.15, 0.2) is 29.6 Å². The van der Waals surface area contributed by atoms with E-state index in [0.29, 0.717) is 17.1 Å². The van der Waals surface area contributed by atoms with E-state index < -0.39 is 0 Å². The van der Waals surface area contributed by atoms with Gasteiger partial charge >= 0.3 is 0 Å². The Hall–Kier alpha value is -2.68. The molecule has 1 atom stereocenters. The van der Waals surface area contributed by atoms with Crippen LogP contribution in [0.1, 0.15) is 6.92 Å². The van der Waals surface area contributed by atoms with Crippen LogP contribution < -0.4 is 20.5 Å². The molecule has 0 bridgehead atoms. The Morgan fingerprint density at radius 2 is 2.04 bits per heavy atom. The number of hydrogen-bond acceptors (Lipinski definition) is 8. The van der Waals surface area contributed by atoms with Crippen molar-refractivity contribution >= 4 is 34.6 Å². The van der Waals surface area contributed by atoms with Gasteiger partial charge in [0.2, 0.25) is 5.95 Å². The van der Waals surface area contributed by atoms with Gasteiger partial charge in [-0.1, -0.05) is 0 Å². The van der Waals surface area contributed by atoms with Crippen LogP contribution in [0.25, 0.3) is 11.2 Å². The van der Waals surface area contributed by atoms with E-state index in [-0.39, 0.29) is 12.0 Å². The number of nitrogens with two attached hydrogens (primary N) is 1. The Labute approximate surface area is 149 Å². The third-order valence-electron chi connectivity index (χ3n) is 3.54. The van der Waals surface area contributed by atoms with E-state index in [9.17, 15) is 0 Å². The molecular formula is C16H20N6O2S. The quantitative estimate of drug-likeness (QED) is 0.435. The number of aromatic amines is 1. The lowest BCUT2D eigenvalue weighted by Gasteiger charge is -2.16. The molecular weight excluding hydrogens is 340 g/mol. The van der Waals surface area contributed by atoms with Crippen LogP contribution in [0.3, 0.4) is 0 Å². The number of H-pyrrole nitrogens is 1. The fourth-order valence-electron chi connectivity index (χ4n) is 2.38. The predicted molar refractivity (Wildman–Crippen MR) is 99.5 cm³/mol. The summed E-state index contributed by atoms with van der Waals surface area (Å²) >= 11 is 1.59. The molecule has 3 aromatic rings. The van der Waals surface area contributed by atoms with Gasteiger partial charge in [-0.05, 0) is 19.1 Å². The normalized spacial score (nSPS) is 12.1. The van der Waals surface area contributed by atoms with Crippen molar-refractivity contribution in [3.05, 3.63) is 24.5 Å². The lowest BCUT2D eigenvalue weighted by atomic mass is 10.2. The fraction of sp³-hybridized carbons (Fsp3) is 0.312. The van der Waals surface area contributed by atoms with Gasteiger partial charge in [0.25, 0.3) is 0 Å². The van der Waals surface area contributed by atoms with Crippen molar-refractivity contribution in [2.75, 3.05) is 31.0 Å². The first-order valence-electron chi connectivity index (χ1n) is 7.68. The number of benzene rings is 1. The second-order valence-corrected chi connectivity index (χ2v) is 6.42. The topological polar surface area (TPSA) is 111 Å². The van der Waals surface area contributed by atoms with Crippen LogP contribution in [0.5, 0.6) is 11.5 Å². The van der Waals surface area contributed by atoms with Gasteiger partial charge in [0.15, 0.2) is 17.1 Å². The number of methoxy groups -OCH3 is 2. The van der Waals surface area contributed by atoms with Gasteiger partial charge in [-0.25, -0.2) is 9.97 Å². The molecule has 0 radical (unpaired) electrons. The van der Waals surface area contributed by atoms with E-state index >= 15 is 0 Å². The van der Waals surface area contributed by atoms with E-state index in [2.05, 4.69) is 32.2 Å². The van der Waals surface area contributed by atoms with E-state index in [0.717, 1.165) is 22.0 Å². The van der Waals surface area contributed by atoms with Crippen molar-refractivity contribution in [1.82, 2.24) is 19.9 Å². The third kappa shape index (κ3) is 3.87. The molecule has 25 heavy (non-hydrogen) atoms. The summed E-state index contributed by atoms with van der Waals surface area (Å²) < 4.78 is 10.6. The Balaban J connectivity index is 1.66. The zero-order valence-corrected chi connectivity index (χ0v) is 15.1. The molecule has 0 amide bonds. The number of imidazole rings is 1. The highest BCUT2D eigenvalue weighted by Gasteiger charge is 2.12. The standard InChI is InChI=1S/C16H20N6O2S/c1-9(20-10-4-5-11(23-2)12(6-10)24-3)7-25-15-13-14(19-8-18-13)21-16(17)22-15/h4-6,8-9,20H,7H2,1-3H3,(H3,17,18,19,21,22)/t9-/m1/s1. The van der Waals surface area contributed by atoms with Gasteiger partial charge in [-0.2, -0.15) is 4.98 Å². The Morgan fingerprint density at radius 3 is 2.80 bits per heavy atom. The molecule has 2 aromatic heterocycles. The lowest BCUT2D eigenvalue weighted by molar-refractivity contribution is 0.355. The van der Waals surface area contributed by atoms with E-state index in [4.69, 9.17) is 15.2 Å². The molecule has 0 unspecified atom stereocenters. The number of anilines is 2. The summed E-state index contributed by atoms with van der Waals surface area (Å²) in [5, 5.41) is 4.23. The van der Waals surface area contributed by atoms with Crippen LogP contribution in [-0.4, -0.2) is 46.0 Å². The summed E-state index contributed by atoms with van der Waals surface area (Å²) in [6.45, 7) is 2.10. The van der Waals surface area contributed by atoms with Crippen molar-refractivity contribution in [2.45, 2.75) is 18.0 Å². The summed E-state index contributed by atoms with van der Waals surface area (Å²) in [5.41, 5.74) is 8.08. The predicted octanol–water partition coefficient (Wildman–Crippen LogP) is 2.55. The molecule has 8 nitrogen and oxygen atoms in total. The van der Waals surface area contributed by atoms with Crippen LogP contribution in [-0.2, 0) is 0 Å². The summed E-state index contributed by atoms with van der Waals surface area (Å²) in [6.07, 6.45) is 1.59. The number of nitrogens with one attached hydrogen (secondary N) is 2. The lowest BCUT2D eigenvalue weighted by Crippen LogP contribution is -2.18. The van der Waals surface area contributed by atoms with Gasteiger partial charge in [0.05, 0.1) is 20.5 Å². The molecule has 0 saturated heterocycles. The van der Waals surface area contributed by atoms with E-state index in [1.165, 1.54) is 0 Å². The highest BCUT2D eigenvalue weighted by molar-refractivity contribution is 7.99. The number of thioether (sulfide) groups is 1. The second kappa shape index (κ2) is 7.47. The maximum atomic E-state index is 5.74. The number of nitrogens with zero attached hydrogens (tertiary/aromatic N) is 3. The number of nitrogen functional groups attached to an aromatic ring is 1. The van der Waals surface area contributed by atoms with Crippen LogP contribution in [0.2, 0.25) is 0 Å². The Bertz CT molecular complexity index is 869. The molecule has 0 fully saturated rings. The monoisotopic (exact) mass is 360 g/mol. The zero-order chi connectivity index (χ0) is 17.8. The molecule has 1 aromatic carbocycles. The van der Waals surface area contributed by atoms with Gasteiger partial charge in [0.1, 0.15) is 10.5 Å². The third-order valence-corrected chi connectivity index (χ3v) is 4.77. The van der Waals surface area contributed by atoms with Gasteiger partial charge in [-0.3, -0.25) is 0 Å². The molecule has 0 aliphatic rings. The van der Waals surface area contributed by atoms with E-state index in [1.807, 2.05) is 18.2 Å². The first kappa shape index (κ1) is 17.2. The van der Waals surface area contributed by atoms with Crippen LogP contribution in [0.4, 0.5) is 11.6 Å². The molecule has 9 heteroatoms. The molecule has 0 spiro atoms. The van der Waals surface area contributed by atoms with Gasteiger partial charge in [-0.15, -0.1) is 11.8 Å². The SMILES string of the molecule is COc1ccc(N[C@H](C)CSc2nc(N)nc3nc[nH]c23)cc1OC. The summed E-state index contributed by atoms with van der Waals surface area (Å²) in [6, 6.07) is 5.94. The molecule has 2 heterocycles. The maximum Gasteiger partial charge on any atom is 0.223 e. The average Bonchev–Trinajstić information content (AvgIpc) is 3.07. The molecule has 0 aliphatic heterocycles. The summed E-state index contributed by atoms with van der Waals surface area (Å²) in [7, 11) is 3.24. The number of hydrogen-bond donors (Lipinski definition) is 3. The first-order valence-corrected chi connectivity index (χ1v) is 8.67. The molecule has 132 valence electrons.